The molecule has 2 aromatic heterocycles. The van der Waals surface area contributed by atoms with E-state index >= 15 is 0 Å². The molecule has 0 spiro atoms. The first-order chi connectivity index (χ1) is 11.4. The standard InChI is InChI=1S/C21H15NS/c1-3-8-16(9-4-1)19-14-18(21-12-7-13-23-21)15-20(22-19)17-10-5-2-6-11-17/h1-15H. The second-order valence-electron chi connectivity index (χ2n) is 5.34. The molecule has 0 aliphatic rings. The Bertz CT molecular complexity index is 840. The molecule has 0 atom stereocenters. The van der Waals surface area contributed by atoms with Gasteiger partial charge in [-0.1, -0.05) is 66.7 Å². The molecule has 4 rings (SSSR count). The lowest BCUT2D eigenvalue weighted by molar-refractivity contribution is 1.32. The summed E-state index contributed by atoms with van der Waals surface area (Å²) in [6, 6.07) is 29.3. The average Bonchev–Trinajstić information content (AvgIpc) is 3.18. The van der Waals surface area contributed by atoms with Crippen molar-refractivity contribution in [1.29, 1.82) is 0 Å². The van der Waals surface area contributed by atoms with Crippen molar-refractivity contribution in [2.75, 3.05) is 0 Å². The van der Waals surface area contributed by atoms with E-state index in [0.29, 0.717) is 0 Å². The van der Waals surface area contributed by atoms with Gasteiger partial charge in [-0.2, -0.15) is 0 Å². The second kappa shape index (κ2) is 6.19. The number of nitrogens with zero attached hydrogens (tertiary/aromatic N) is 1. The monoisotopic (exact) mass is 313 g/mol. The van der Waals surface area contributed by atoms with Gasteiger partial charge >= 0.3 is 0 Å². The highest BCUT2D eigenvalue weighted by atomic mass is 32.1. The fraction of sp³-hybridized carbons (Fsp3) is 0. The van der Waals surface area contributed by atoms with Crippen LogP contribution in [0.4, 0.5) is 0 Å². The zero-order chi connectivity index (χ0) is 15.5. The second-order valence-corrected chi connectivity index (χ2v) is 6.28. The molecule has 2 aromatic carbocycles. The maximum atomic E-state index is 4.89. The van der Waals surface area contributed by atoms with E-state index in [1.807, 2.05) is 12.1 Å². The Hall–Kier alpha value is -2.71. The van der Waals surface area contributed by atoms with Crippen LogP contribution in [0.3, 0.4) is 0 Å². The van der Waals surface area contributed by atoms with Gasteiger partial charge in [0.2, 0.25) is 0 Å². The largest absolute Gasteiger partial charge is 0.248 e. The highest BCUT2D eigenvalue weighted by molar-refractivity contribution is 7.13. The molecule has 2 heteroatoms. The number of hydrogen-bond acceptors (Lipinski definition) is 2. The molecule has 0 saturated heterocycles. The van der Waals surface area contributed by atoms with Crippen LogP contribution in [0.1, 0.15) is 0 Å². The lowest BCUT2D eigenvalue weighted by Gasteiger charge is -2.09. The van der Waals surface area contributed by atoms with Crippen molar-refractivity contribution < 1.29 is 0 Å². The van der Waals surface area contributed by atoms with E-state index in [-0.39, 0.29) is 0 Å². The maximum Gasteiger partial charge on any atom is 0.0715 e. The fourth-order valence-electron chi connectivity index (χ4n) is 2.63. The molecule has 0 aliphatic heterocycles. The van der Waals surface area contributed by atoms with Crippen molar-refractivity contribution in [3.8, 4) is 33.0 Å². The van der Waals surface area contributed by atoms with Crippen LogP contribution < -0.4 is 0 Å². The average molecular weight is 313 g/mol. The smallest absolute Gasteiger partial charge is 0.0715 e. The van der Waals surface area contributed by atoms with Crippen molar-refractivity contribution in [1.82, 2.24) is 4.98 Å². The lowest BCUT2D eigenvalue weighted by Crippen LogP contribution is -1.90. The highest BCUT2D eigenvalue weighted by Crippen LogP contribution is 2.32. The number of benzene rings is 2. The van der Waals surface area contributed by atoms with Crippen molar-refractivity contribution in [3.63, 3.8) is 0 Å². The molecule has 0 amide bonds. The number of aromatic nitrogens is 1. The summed E-state index contributed by atoms with van der Waals surface area (Å²) in [5.41, 5.74) is 5.52. The Morgan fingerprint density at radius 1 is 0.565 bits per heavy atom. The quantitative estimate of drug-likeness (QED) is 0.442. The van der Waals surface area contributed by atoms with Crippen LogP contribution in [0.25, 0.3) is 33.0 Å². The van der Waals surface area contributed by atoms with Crippen LogP contribution in [0.2, 0.25) is 0 Å². The van der Waals surface area contributed by atoms with Crippen molar-refractivity contribution in [3.05, 3.63) is 90.3 Å². The van der Waals surface area contributed by atoms with Crippen molar-refractivity contribution in [2.45, 2.75) is 0 Å². The minimum atomic E-state index is 1.01. The fourth-order valence-corrected chi connectivity index (χ4v) is 3.34. The third-order valence-corrected chi connectivity index (χ3v) is 4.69. The van der Waals surface area contributed by atoms with E-state index in [1.54, 1.807) is 11.3 Å². The van der Waals surface area contributed by atoms with Crippen LogP contribution in [-0.4, -0.2) is 4.98 Å². The Kier molecular flexibility index (Phi) is 3.75. The minimum absolute atomic E-state index is 1.01. The van der Waals surface area contributed by atoms with Gasteiger partial charge in [-0.25, -0.2) is 4.98 Å². The van der Waals surface area contributed by atoms with Crippen LogP contribution in [0.15, 0.2) is 90.3 Å². The van der Waals surface area contributed by atoms with E-state index in [9.17, 15) is 0 Å². The molecular formula is C21H15NS. The number of rotatable bonds is 3. The summed E-state index contributed by atoms with van der Waals surface area (Å²) in [6.45, 7) is 0. The van der Waals surface area contributed by atoms with Crippen LogP contribution in [0.5, 0.6) is 0 Å². The third kappa shape index (κ3) is 2.94. The zero-order valence-electron chi connectivity index (χ0n) is 12.5. The lowest BCUT2D eigenvalue weighted by atomic mass is 10.0. The van der Waals surface area contributed by atoms with Gasteiger partial charge in [0.25, 0.3) is 0 Å². The molecule has 0 aliphatic carbocycles. The highest BCUT2D eigenvalue weighted by Gasteiger charge is 2.08. The van der Waals surface area contributed by atoms with E-state index in [0.717, 1.165) is 22.5 Å². The van der Waals surface area contributed by atoms with Gasteiger partial charge in [0.15, 0.2) is 0 Å². The Labute approximate surface area is 139 Å². The molecule has 0 radical (unpaired) electrons. The van der Waals surface area contributed by atoms with Gasteiger partial charge in [-0.3, -0.25) is 0 Å². The maximum absolute atomic E-state index is 4.89. The van der Waals surface area contributed by atoms with Gasteiger partial charge in [0.1, 0.15) is 0 Å². The molecular weight excluding hydrogens is 298 g/mol. The van der Waals surface area contributed by atoms with Gasteiger partial charge in [-0.05, 0) is 29.1 Å². The summed E-state index contributed by atoms with van der Waals surface area (Å²) in [5, 5.41) is 2.11. The van der Waals surface area contributed by atoms with E-state index < -0.39 is 0 Å². The van der Waals surface area contributed by atoms with Gasteiger partial charge in [-0.15, -0.1) is 11.3 Å². The number of thiophene rings is 1. The molecule has 110 valence electrons. The molecule has 0 N–H and O–H groups in total. The molecule has 23 heavy (non-hydrogen) atoms. The first-order valence-electron chi connectivity index (χ1n) is 7.57. The SMILES string of the molecule is c1ccc(-c2cc(-c3cccs3)cc(-c3ccccc3)n2)cc1. The van der Waals surface area contributed by atoms with Gasteiger partial charge in [0.05, 0.1) is 11.4 Å². The zero-order valence-corrected chi connectivity index (χ0v) is 13.3. The molecule has 1 nitrogen and oxygen atoms in total. The van der Waals surface area contributed by atoms with E-state index in [1.165, 1.54) is 10.4 Å². The molecule has 2 heterocycles. The van der Waals surface area contributed by atoms with Crippen molar-refractivity contribution in [2.24, 2.45) is 0 Å². The van der Waals surface area contributed by atoms with Crippen molar-refractivity contribution >= 4 is 11.3 Å². The topological polar surface area (TPSA) is 12.9 Å². The molecule has 0 saturated carbocycles. The first-order valence-corrected chi connectivity index (χ1v) is 8.45. The third-order valence-electron chi connectivity index (χ3n) is 3.77. The summed E-state index contributed by atoms with van der Waals surface area (Å²) < 4.78 is 0. The summed E-state index contributed by atoms with van der Waals surface area (Å²) in [7, 11) is 0. The number of pyridine rings is 1. The Balaban J connectivity index is 1.91. The van der Waals surface area contributed by atoms with E-state index in [2.05, 4.69) is 78.2 Å². The summed E-state index contributed by atoms with van der Waals surface area (Å²) in [5.74, 6) is 0. The predicted molar refractivity (Wildman–Crippen MR) is 98.4 cm³/mol. The van der Waals surface area contributed by atoms with Gasteiger partial charge < -0.3 is 0 Å². The number of hydrogen-bond donors (Lipinski definition) is 0. The summed E-state index contributed by atoms with van der Waals surface area (Å²) in [6.07, 6.45) is 0. The van der Waals surface area contributed by atoms with Crippen LogP contribution in [0, 0.1) is 0 Å². The molecule has 0 bridgehead atoms. The summed E-state index contributed by atoms with van der Waals surface area (Å²) in [4.78, 5) is 6.15. The molecule has 4 aromatic rings. The Morgan fingerprint density at radius 3 is 1.61 bits per heavy atom. The molecule has 0 fully saturated rings. The van der Waals surface area contributed by atoms with E-state index in [4.69, 9.17) is 4.98 Å². The minimum Gasteiger partial charge on any atom is -0.248 e. The van der Waals surface area contributed by atoms with Crippen LogP contribution >= 0.6 is 11.3 Å². The Morgan fingerprint density at radius 2 is 1.13 bits per heavy atom. The first kappa shape index (κ1) is 13.9. The van der Waals surface area contributed by atoms with Crippen LogP contribution in [-0.2, 0) is 0 Å². The summed E-state index contributed by atoms with van der Waals surface area (Å²) >= 11 is 1.76. The predicted octanol–water partition coefficient (Wildman–Crippen LogP) is 6.14. The van der Waals surface area contributed by atoms with Gasteiger partial charge in [0, 0.05) is 16.0 Å². The normalized spacial score (nSPS) is 10.6. The molecule has 0 unspecified atom stereocenters.